The second-order valence-corrected chi connectivity index (χ2v) is 7.22. The van der Waals surface area contributed by atoms with Crippen molar-refractivity contribution >= 4 is 11.8 Å². The second kappa shape index (κ2) is 7.06. The van der Waals surface area contributed by atoms with Gasteiger partial charge in [-0.3, -0.25) is 0 Å². The van der Waals surface area contributed by atoms with Gasteiger partial charge in [-0.1, -0.05) is 20.8 Å². The van der Waals surface area contributed by atoms with Gasteiger partial charge in [-0.05, 0) is 25.2 Å². The topological polar surface area (TPSA) is 30.5 Å². The van der Waals surface area contributed by atoms with Gasteiger partial charge < -0.3 is 14.8 Å². The van der Waals surface area contributed by atoms with Crippen molar-refractivity contribution in [3.8, 4) is 11.5 Å². The summed E-state index contributed by atoms with van der Waals surface area (Å²) >= 11 is 1.93. The van der Waals surface area contributed by atoms with Crippen LogP contribution >= 0.6 is 11.8 Å². The predicted molar refractivity (Wildman–Crippen MR) is 83.6 cm³/mol. The Kier molecular flexibility index (Phi) is 6.01. The highest BCUT2D eigenvalue weighted by atomic mass is 32.2. The van der Waals surface area contributed by atoms with Gasteiger partial charge in [-0.25, -0.2) is 0 Å². The molecule has 0 aliphatic carbocycles. The quantitative estimate of drug-likeness (QED) is 0.865. The lowest BCUT2D eigenvalue weighted by Crippen LogP contribution is -2.22. The van der Waals surface area contributed by atoms with Gasteiger partial charge in [0, 0.05) is 22.1 Å². The SMILES string of the molecule is CNC(CSC(C)(C)C)c1cc(OC)ccc1OC. The Balaban J connectivity index is 2.95. The van der Waals surface area contributed by atoms with Gasteiger partial charge in [0.05, 0.1) is 14.2 Å². The number of methoxy groups -OCH3 is 2. The second-order valence-electron chi connectivity index (χ2n) is 5.37. The Hall–Kier alpha value is -0.870. The van der Waals surface area contributed by atoms with Crippen LogP contribution in [0.3, 0.4) is 0 Å². The fraction of sp³-hybridized carbons (Fsp3) is 0.600. The third kappa shape index (κ3) is 4.96. The first-order valence-electron chi connectivity index (χ1n) is 6.44. The van der Waals surface area contributed by atoms with Crippen LogP contribution in [-0.2, 0) is 0 Å². The molecule has 0 saturated carbocycles. The molecule has 19 heavy (non-hydrogen) atoms. The Bertz CT molecular complexity index is 402. The van der Waals surface area contributed by atoms with E-state index in [1.165, 1.54) is 0 Å². The van der Waals surface area contributed by atoms with E-state index in [0.717, 1.165) is 22.8 Å². The van der Waals surface area contributed by atoms with E-state index in [9.17, 15) is 0 Å². The summed E-state index contributed by atoms with van der Waals surface area (Å²) in [5, 5.41) is 3.36. The lowest BCUT2D eigenvalue weighted by atomic mass is 10.1. The minimum atomic E-state index is 0.245. The summed E-state index contributed by atoms with van der Waals surface area (Å²) in [5.41, 5.74) is 1.14. The highest BCUT2D eigenvalue weighted by Crippen LogP contribution is 2.34. The zero-order chi connectivity index (χ0) is 14.5. The van der Waals surface area contributed by atoms with E-state index >= 15 is 0 Å². The standard InChI is InChI=1S/C15H25NO2S/c1-15(2,3)19-10-13(16-4)12-9-11(17-5)7-8-14(12)18-6/h7-9,13,16H,10H2,1-6H3. The fourth-order valence-electron chi connectivity index (χ4n) is 1.77. The van der Waals surface area contributed by atoms with Crippen LogP contribution in [0.2, 0.25) is 0 Å². The largest absolute Gasteiger partial charge is 0.497 e. The zero-order valence-corrected chi connectivity index (χ0v) is 13.6. The van der Waals surface area contributed by atoms with Crippen LogP contribution in [0.4, 0.5) is 0 Å². The lowest BCUT2D eigenvalue weighted by Gasteiger charge is -2.24. The monoisotopic (exact) mass is 283 g/mol. The third-order valence-electron chi connectivity index (χ3n) is 2.84. The Morgan fingerprint density at radius 2 is 1.89 bits per heavy atom. The van der Waals surface area contributed by atoms with Crippen LogP contribution in [-0.4, -0.2) is 31.8 Å². The first-order chi connectivity index (χ1) is 8.91. The first-order valence-corrected chi connectivity index (χ1v) is 7.43. The summed E-state index contributed by atoms with van der Waals surface area (Å²) in [6.07, 6.45) is 0. The van der Waals surface area contributed by atoms with E-state index in [-0.39, 0.29) is 10.8 Å². The molecule has 108 valence electrons. The van der Waals surface area contributed by atoms with Gasteiger partial charge in [0.25, 0.3) is 0 Å². The van der Waals surface area contributed by atoms with Crippen LogP contribution in [0.5, 0.6) is 11.5 Å². The normalized spacial score (nSPS) is 13.2. The molecule has 1 N–H and O–H groups in total. The molecule has 0 amide bonds. The maximum Gasteiger partial charge on any atom is 0.123 e. The molecule has 1 rings (SSSR count). The molecule has 0 spiro atoms. The van der Waals surface area contributed by atoms with Gasteiger partial charge in [-0.2, -0.15) is 11.8 Å². The lowest BCUT2D eigenvalue weighted by molar-refractivity contribution is 0.394. The van der Waals surface area contributed by atoms with E-state index in [2.05, 4.69) is 26.1 Å². The molecule has 0 bridgehead atoms. The number of nitrogens with one attached hydrogen (secondary N) is 1. The summed E-state index contributed by atoms with van der Waals surface area (Å²) in [4.78, 5) is 0. The number of hydrogen-bond acceptors (Lipinski definition) is 4. The van der Waals surface area contributed by atoms with Crippen molar-refractivity contribution in [3.05, 3.63) is 23.8 Å². The van der Waals surface area contributed by atoms with Gasteiger partial charge in [-0.15, -0.1) is 0 Å². The van der Waals surface area contributed by atoms with Gasteiger partial charge >= 0.3 is 0 Å². The van der Waals surface area contributed by atoms with E-state index < -0.39 is 0 Å². The molecule has 1 atom stereocenters. The minimum absolute atomic E-state index is 0.245. The summed E-state index contributed by atoms with van der Waals surface area (Å²) in [7, 11) is 5.37. The molecular weight excluding hydrogens is 258 g/mol. The summed E-state index contributed by atoms with van der Waals surface area (Å²) in [6.45, 7) is 6.69. The molecule has 0 heterocycles. The number of rotatable bonds is 6. The fourth-order valence-corrected chi connectivity index (χ4v) is 2.79. The molecule has 0 aliphatic rings. The van der Waals surface area contributed by atoms with Crippen LogP contribution in [0, 0.1) is 0 Å². The number of benzene rings is 1. The molecule has 0 aromatic heterocycles. The Morgan fingerprint density at radius 3 is 2.37 bits per heavy atom. The van der Waals surface area contributed by atoms with Crippen molar-refractivity contribution in [2.24, 2.45) is 0 Å². The first kappa shape index (κ1) is 16.2. The molecule has 0 radical (unpaired) electrons. The van der Waals surface area contributed by atoms with Crippen molar-refractivity contribution in [1.82, 2.24) is 5.32 Å². The Labute approximate surface area is 121 Å². The van der Waals surface area contributed by atoms with Crippen molar-refractivity contribution in [1.29, 1.82) is 0 Å². The Morgan fingerprint density at radius 1 is 1.21 bits per heavy atom. The molecule has 3 nitrogen and oxygen atoms in total. The molecule has 4 heteroatoms. The molecule has 1 aromatic rings. The highest BCUT2D eigenvalue weighted by Gasteiger charge is 2.19. The van der Waals surface area contributed by atoms with E-state index in [1.807, 2.05) is 37.0 Å². The zero-order valence-electron chi connectivity index (χ0n) is 12.7. The third-order valence-corrected chi connectivity index (χ3v) is 4.21. The summed E-state index contributed by atoms with van der Waals surface area (Å²) in [5.74, 6) is 2.75. The van der Waals surface area contributed by atoms with E-state index in [0.29, 0.717) is 0 Å². The average Bonchev–Trinajstić information content (AvgIpc) is 2.38. The van der Waals surface area contributed by atoms with Gasteiger partial charge in [0.15, 0.2) is 0 Å². The number of thioether (sulfide) groups is 1. The highest BCUT2D eigenvalue weighted by molar-refractivity contribution is 8.00. The average molecular weight is 283 g/mol. The molecule has 1 aromatic carbocycles. The van der Waals surface area contributed by atoms with Crippen molar-refractivity contribution in [2.45, 2.75) is 31.6 Å². The summed E-state index contributed by atoms with van der Waals surface area (Å²) in [6, 6.07) is 6.17. The molecule has 1 unspecified atom stereocenters. The minimum Gasteiger partial charge on any atom is -0.497 e. The van der Waals surface area contributed by atoms with Crippen LogP contribution in [0.25, 0.3) is 0 Å². The molecule has 0 saturated heterocycles. The summed E-state index contributed by atoms with van der Waals surface area (Å²) < 4.78 is 11.0. The van der Waals surface area contributed by atoms with Crippen molar-refractivity contribution in [2.75, 3.05) is 27.0 Å². The molecular formula is C15H25NO2S. The van der Waals surface area contributed by atoms with Crippen molar-refractivity contribution in [3.63, 3.8) is 0 Å². The van der Waals surface area contributed by atoms with E-state index in [4.69, 9.17) is 9.47 Å². The molecule has 0 fully saturated rings. The van der Waals surface area contributed by atoms with Gasteiger partial charge in [0.1, 0.15) is 11.5 Å². The maximum absolute atomic E-state index is 5.45. The van der Waals surface area contributed by atoms with Gasteiger partial charge in [0.2, 0.25) is 0 Å². The van der Waals surface area contributed by atoms with Crippen LogP contribution in [0.15, 0.2) is 18.2 Å². The van der Waals surface area contributed by atoms with Crippen LogP contribution in [0.1, 0.15) is 32.4 Å². The number of hydrogen-bond donors (Lipinski definition) is 1. The van der Waals surface area contributed by atoms with Crippen molar-refractivity contribution < 1.29 is 9.47 Å². The molecule has 0 aliphatic heterocycles. The predicted octanol–water partition coefficient (Wildman–Crippen LogP) is 3.50. The van der Waals surface area contributed by atoms with E-state index in [1.54, 1.807) is 14.2 Å². The van der Waals surface area contributed by atoms with Crippen LogP contribution < -0.4 is 14.8 Å². The smallest absolute Gasteiger partial charge is 0.123 e. The number of ether oxygens (including phenoxy) is 2. The maximum atomic E-state index is 5.45.